The number of carbonyl (C=O) groups excluding carboxylic acids is 1. The van der Waals surface area contributed by atoms with Crippen molar-refractivity contribution in [2.75, 3.05) is 0 Å². The summed E-state index contributed by atoms with van der Waals surface area (Å²) in [5, 5.41) is 27.3. The molecule has 1 atom stereocenters. The largest absolute Gasteiger partial charge is 0.481 e. The molecule has 2 rings (SSSR count). The third-order valence-electron chi connectivity index (χ3n) is 3.22. The van der Waals surface area contributed by atoms with Crippen LogP contribution >= 0.6 is 0 Å². The Kier molecular flexibility index (Phi) is 5.81. The maximum absolute atomic E-state index is 12.0. The van der Waals surface area contributed by atoms with Gasteiger partial charge in [-0.2, -0.15) is 0 Å². The zero-order chi connectivity index (χ0) is 19.3. The Balaban J connectivity index is 2.18. The first-order valence-corrected chi connectivity index (χ1v) is 8.00. The second-order valence-corrected chi connectivity index (χ2v) is 6.69. The lowest BCUT2D eigenvalue weighted by Gasteiger charge is -2.23. The molecule has 1 aromatic heterocycles. The van der Waals surface area contributed by atoms with Crippen molar-refractivity contribution in [3.05, 3.63) is 35.7 Å². The third-order valence-corrected chi connectivity index (χ3v) is 3.22. The van der Waals surface area contributed by atoms with Crippen molar-refractivity contribution in [2.24, 2.45) is 0 Å². The van der Waals surface area contributed by atoms with Crippen LogP contribution in [0.2, 0.25) is 0 Å². The number of carboxylic acid groups (broad SMARTS) is 1. The van der Waals surface area contributed by atoms with Crippen LogP contribution in [0.3, 0.4) is 0 Å². The Bertz CT molecular complexity index is 769. The number of nitrogens with zero attached hydrogens (tertiary/aromatic N) is 4. The van der Waals surface area contributed by atoms with E-state index in [1.54, 1.807) is 52.0 Å². The molecule has 1 heterocycles. The van der Waals surface area contributed by atoms with Crippen LogP contribution < -0.4 is 5.32 Å². The van der Waals surface area contributed by atoms with E-state index in [0.29, 0.717) is 22.8 Å². The summed E-state index contributed by atoms with van der Waals surface area (Å²) >= 11 is 0. The van der Waals surface area contributed by atoms with E-state index in [1.807, 2.05) is 0 Å². The van der Waals surface area contributed by atoms with Crippen molar-refractivity contribution < 1.29 is 19.4 Å². The highest BCUT2D eigenvalue weighted by atomic mass is 16.6. The first-order chi connectivity index (χ1) is 12.1. The molecular formula is C17H21N5O4. The van der Waals surface area contributed by atoms with Crippen LogP contribution in [0.15, 0.2) is 24.3 Å². The monoisotopic (exact) mass is 359 g/mol. The van der Waals surface area contributed by atoms with Crippen molar-refractivity contribution in [3.63, 3.8) is 0 Å². The maximum atomic E-state index is 12.0. The molecular weight excluding hydrogens is 338 g/mol. The maximum Gasteiger partial charge on any atom is 0.408 e. The Morgan fingerprint density at radius 2 is 1.69 bits per heavy atom. The highest BCUT2D eigenvalue weighted by molar-refractivity contribution is 5.72. The fraction of sp³-hybridized carbons (Fsp3) is 0.412. The van der Waals surface area contributed by atoms with E-state index in [1.165, 1.54) is 0 Å². The second kappa shape index (κ2) is 7.85. The summed E-state index contributed by atoms with van der Waals surface area (Å²) in [4.78, 5) is 23.1. The normalized spacial score (nSPS) is 12.3. The van der Waals surface area contributed by atoms with Crippen LogP contribution in [0, 0.1) is 6.92 Å². The number of ether oxygens (including phenoxy) is 1. The third kappa shape index (κ3) is 5.76. The van der Waals surface area contributed by atoms with Gasteiger partial charge in [-0.3, -0.25) is 4.79 Å². The van der Waals surface area contributed by atoms with Gasteiger partial charge in [-0.15, -0.1) is 20.4 Å². The lowest BCUT2D eigenvalue weighted by molar-refractivity contribution is -0.137. The number of aliphatic carboxylic acids is 1. The number of alkyl carbamates (subject to hydrolysis) is 1. The molecule has 26 heavy (non-hydrogen) atoms. The van der Waals surface area contributed by atoms with Gasteiger partial charge in [0.25, 0.3) is 0 Å². The molecule has 138 valence electrons. The van der Waals surface area contributed by atoms with Gasteiger partial charge in [0.1, 0.15) is 5.60 Å². The summed E-state index contributed by atoms with van der Waals surface area (Å²) in [6, 6.07) is 6.10. The minimum atomic E-state index is -1.04. The van der Waals surface area contributed by atoms with E-state index in [2.05, 4.69) is 25.7 Å². The van der Waals surface area contributed by atoms with Crippen molar-refractivity contribution in [2.45, 2.75) is 45.8 Å². The first kappa shape index (κ1) is 19.2. The highest BCUT2D eigenvalue weighted by Crippen LogP contribution is 2.21. The van der Waals surface area contributed by atoms with Crippen molar-refractivity contribution in [1.29, 1.82) is 0 Å². The lowest BCUT2D eigenvalue weighted by atomic mass is 10.0. The molecule has 0 saturated carbocycles. The Morgan fingerprint density at radius 3 is 2.19 bits per heavy atom. The molecule has 0 unspecified atom stereocenters. The highest BCUT2D eigenvalue weighted by Gasteiger charge is 2.22. The van der Waals surface area contributed by atoms with Gasteiger partial charge in [0.2, 0.25) is 5.82 Å². The number of rotatable bonds is 5. The predicted molar refractivity (Wildman–Crippen MR) is 92.2 cm³/mol. The number of hydrogen-bond acceptors (Lipinski definition) is 7. The number of amides is 1. The molecule has 0 saturated heterocycles. The topological polar surface area (TPSA) is 127 Å². The van der Waals surface area contributed by atoms with Crippen LogP contribution in [0.5, 0.6) is 0 Å². The van der Waals surface area contributed by atoms with Gasteiger partial charge in [-0.25, -0.2) is 4.79 Å². The number of hydrogen-bond donors (Lipinski definition) is 2. The molecule has 0 aliphatic carbocycles. The average molecular weight is 359 g/mol. The summed E-state index contributed by atoms with van der Waals surface area (Å²) in [6.45, 7) is 6.89. The standard InChI is InChI=1S/C17H21N5O4/c1-10-19-21-15(22-20-10)12-7-5-11(6-8-12)13(9-14(23)24)18-16(25)26-17(2,3)4/h5-8,13H,9H2,1-4H3,(H,18,25)(H,23,24)/t13-/m1/s1. The van der Waals surface area contributed by atoms with Crippen molar-refractivity contribution >= 4 is 12.1 Å². The van der Waals surface area contributed by atoms with E-state index in [-0.39, 0.29) is 6.42 Å². The Labute approximate surface area is 150 Å². The molecule has 0 spiro atoms. The number of aromatic nitrogens is 4. The van der Waals surface area contributed by atoms with Crippen molar-refractivity contribution in [1.82, 2.24) is 25.7 Å². The minimum Gasteiger partial charge on any atom is -0.481 e. The van der Waals surface area contributed by atoms with Gasteiger partial charge in [0, 0.05) is 5.56 Å². The molecule has 0 bridgehead atoms. The van der Waals surface area contributed by atoms with Crippen LogP contribution in [-0.2, 0) is 9.53 Å². The number of benzene rings is 1. The minimum absolute atomic E-state index is 0.275. The van der Waals surface area contributed by atoms with E-state index in [0.717, 1.165) is 0 Å². The summed E-state index contributed by atoms with van der Waals surface area (Å²) in [5.74, 6) is -0.212. The smallest absolute Gasteiger partial charge is 0.408 e. The average Bonchev–Trinajstić information content (AvgIpc) is 2.53. The molecule has 0 fully saturated rings. The molecule has 9 nitrogen and oxygen atoms in total. The van der Waals surface area contributed by atoms with E-state index >= 15 is 0 Å². The van der Waals surface area contributed by atoms with Crippen LogP contribution in [-0.4, -0.2) is 43.2 Å². The summed E-state index contributed by atoms with van der Waals surface area (Å²) < 4.78 is 5.20. The quantitative estimate of drug-likeness (QED) is 0.832. The van der Waals surface area contributed by atoms with Gasteiger partial charge in [-0.05, 0) is 33.3 Å². The molecule has 1 amide bonds. The lowest BCUT2D eigenvalue weighted by Crippen LogP contribution is -2.35. The molecule has 1 aromatic carbocycles. The van der Waals surface area contributed by atoms with Crippen LogP contribution in [0.1, 0.15) is 44.6 Å². The first-order valence-electron chi connectivity index (χ1n) is 8.00. The molecule has 9 heteroatoms. The van der Waals surface area contributed by atoms with Gasteiger partial charge in [-0.1, -0.05) is 24.3 Å². The number of aryl methyl sites for hydroxylation is 1. The SMILES string of the molecule is Cc1nnc(-c2ccc([C@@H](CC(=O)O)NC(=O)OC(C)(C)C)cc2)nn1. The fourth-order valence-electron chi connectivity index (χ4n) is 2.14. The fourth-order valence-corrected chi connectivity index (χ4v) is 2.14. The molecule has 2 N–H and O–H groups in total. The van der Waals surface area contributed by atoms with E-state index in [4.69, 9.17) is 9.84 Å². The van der Waals surface area contributed by atoms with Crippen molar-refractivity contribution in [3.8, 4) is 11.4 Å². The van der Waals surface area contributed by atoms with Crippen LogP contribution in [0.25, 0.3) is 11.4 Å². The zero-order valence-corrected chi connectivity index (χ0v) is 15.1. The molecule has 2 aromatic rings. The van der Waals surface area contributed by atoms with E-state index < -0.39 is 23.7 Å². The molecule has 0 radical (unpaired) electrons. The van der Waals surface area contributed by atoms with Gasteiger partial charge >= 0.3 is 12.1 Å². The number of carboxylic acids is 1. The molecule has 0 aliphatic rings. The second-order valence-electron chi connectivity index (χ2n) is 6.69. The summed E-state index contributed by atoms with van der Waals surface area (Å²) in [6.07, 6.45) is -0.953. The van der Waals surface area contributed by atoms with Crippen LogP contribution in [0.4, 0.5) is 4.79 Å². The summed E-state index contributed by atoms with van der Waals surface area (Å²) in [5.41, 5.74) is 0.625. The summed E-state index contributed by atoms with van der Waals surface area (Å²) in [7, 11) is 0. The predicted octanol–water partition coefficient (Wildman–Crippen LogP) is 2.28. The number of nitrogens with one attached hydrogen (secondary N) is 1. The zero-order valence-electron chi connectivity index (χ0n) is 15.1. The molecule has 0 aliphatic heterocycles. The Morgan fingerprint density at radius 1 is 1.12 bits per heavy atom. The number of carbonyl (C=O) groups is 2. The van der Waals surface area contributed by atoms with Gasteiger partial charge < -0.3 is 15.2 Å². The Hall–Kier alpha value is -3.10. The van der Waals surface area contributed by atoms with Gasteiger partial charge in [0.15, 0.2) is 5.82 Å². The van der Waals surface area contributed by atoms with E-state index in [9.17, 15) is 9.59 Å². The van der Waals surface area contributed by atoms with Gasteiger partial charge in [0.05, 0.1) is 12.5 Å².